The van der Waals surface area contributed by atoms with Crippen LogP contribution in [0.4, 0.5) is 9.59 Å². The molecule has 3 rings (SSSR count). The zero-order valence-corrected chi connectivity index (χ0v) is 20.7. The number of carbonyl (C=O) groups is 4. The fraction of sp³-hybridized carbons (Fsp3) is 0.600. The summed E-state index contributed by atoms with van der Waals surface area (Å²) in [6.07, 6.45) is 0.370. The van der Waals surface area contributed by atoms with Crippen LogP contribution in [0.15, 0.2) is 24.3 Å². The van der Waals surface area contributed by atoms with Gasteiger partial charge in [-0.05, 0) is 65.7 Å². The number of hydrogen-bond donors (Lipinski definition) is 1. The van der Waals surface area contributed by atoms with Gasteiger partial charge in [0.15, 0.2) is 0 Å². The number of benzene rings is 1. The Kier molecular flexibility index (Phi) is 7.24. The van der Waals surface area contributed by atoms with Crippen molar-refractivity contribution in [2.45, 2.75) is 96.5 Å². The molecule has 0 spiro atoms. The molecular formula is C25H34N2O7. The normalized spacial score (nSPS) is 23.1. The van der Waals surface area contributed by atoms with Crippen molar-refractivity contribution in [3.8, 4) is 5.75 Å². The Morgan fingerprint density at radius 2 is 1.53 bits per heavy atom. The highest BCUT2D eigenvalue weighted by molar-refractivity contribution is 6.12. The molecule has 9 nitrogen and oxygen atoms in total. The predicted octanol–water partition coefficient (Wildman–Crippen LogP) is 4.29. The molecule has 1 saturated carbocycles. The average molecular weight is 475 g/mol. The summed E-state index contributed by atoms with van der Waals surface area (Å²) in [5, 5.41) is 2.83. The van der Waals surface area contributed by atoms with Crippen molar-refractivity contribution in [2.75, 3.05) is 0 Å². The Morgan fingerprint density at radius 3 is 2.09 bits per heavy atom. The number of carbonyl (C=O) groups excluding carboxylic acids is 4. The molecule has 1 saturated heterocycles. The summed E-state index contributed by atoms with van der Waals surface area (Å²) in [6.45, 7) is 10.5. The van der Waals surface area contributed by atoms with E-state index in [9.17, 15) is 19.2 Å². The van der Waals surface area contributed by atoms with E-state index in [-0.39, 0.29) is 18.6 Å². The van der Waals surface area contributed by atoms with Crippen molar-refractivity contribution in [3.63, 3.8) is 0 Å². The van der Waals surface area contributed by atoms with Gasteiger partial charge >= 0.3 is 12.2 Å². The van der Waals surface area contributed by atoms with Crippen LogP contribution in [0.3, 0.4) is 0 Å². The molecule has 1 N–H and O–H groups in total. The SMILES string of the molecule is CC(C)(C)OC(=O)NC1CC(Oc2ccc(C3CCC(=O)N(C(=O)OC(C)(C)C)C3=O)cc2)C1. The highest BCUT2D eigenvalue weighted by Gasteiger charge is 2.41. The van der Waals surface area contributed by atoms with E-state index in [4.69, 9.17) is 14.2 Å². The van der Waals surface area contributed by atoms with E-state index < -0.39 is 41.1 Å². The molecule has 0 radical (unpaired) electrons. The third-order valence-electron chi connectivity index (χ3n) is 5.39. The summed E-state index contributed by atoms with van der Waals surface area (Å²) in [6, 6.07) is 7.10. The summed E-state index contributed by atoms with van der Waals surface area (Å²) in [5.41, 5.74) is -0.647. The minimum Gasteiger partial charge on any atom is -0.490 e. The number of likely N-dealkylation sites (tertiary alicyclic amines) is 1. The van der Waals surface area contributed by atoms with Gasteiger partial charge < -0.3 is 19.5 Å². The van der Waals surface area contributed by atoms with Crippen LogP contribution in [0, 0.1) is 0 Å². The number of ether oxygens (including phenoxy) is 3. The van der Waals surface area contributed by atoms with E-state index in [1.165, 1.54) is 0 Å². The number of nitrogens with zero attached hydrogens (tertiary/aromatic N) is 1. The van der Waals surface area contributed by atoms with Gasteiger partial charge in [-0.15, -0.1) is 0 Å². The number of imide groups is 3. The van der Waals surface area contributed by atoms with Crippen LogP contribution in [0.1, 0.15) is 78.7 Å². The van der Waals surface area contributed by atoms with Crippen molar-refractivity contribution in [1.29, 1.82) is 0 Å². The van der Waals surface area contributed by atoms with E-state index in [2.05, 4.69) is 5.32 Å². The van der Waals surface area contributed by atoms with Gasteiger partial charge in [0.05, 0.1) is 5.92 Å². The molecule has 0 aromatic heterocycles. The quantitative estimate of drug-likeness (QED) is 0.648. The maximum Gasteiger partial charge on any atom is 0.424 e. The van der Waals surface area contributed by atoms with Crippen LogP contribution in [-0.4, -0.2) is 52.2 Å². The van der Waals surface area contributed by atoms with Gasteiger partial charge in [-0.25, -0.2) is 9.59 Å². The topological polar surface area (TPSA) is 111 Å². The molecule has 1 aliphatic heterocycles. The Labute approximate surface area is 200 Å². The monoisotopic (exact) mass is 474 g/mol. The van der Waals surface area contributed by atoms with Crippen LogP contribution in [0.5, 0.6) is 5.75 Å². The molecule has 2 fully saturated rings. The molecule has 1 heterocycles. The molecular weight excluding hydrogens is 440 g/mol. The largest absolute Gasteiger partial charge is 0.490 e. The lowest BCUT2D eigenvalue weighted by Gasteiger charge is -2.36. The molecule has 4 amide bonds. The number of piperidine rings is 1. The first-order valence-corrected chi connectivity index (χ1v) is 11.6. The second kappa shape index (κ2) is 9.64. The van der Waals surface area contributed by atoms with Gasteiger partial charge in [0.25, 0.3) is 0 Å². The Bertz CT molecular complexity index is 937. The summed E-state index contributed by atoms with van der Waals surface area (Å²) in [4.78, 5) is 50.0. The van der Waals surface area contributed by atoms with Gasteiger partial charge in [0.1, 0.15) is 23.1 Å². The van der Waals surface area contributed by atoms with Gasteiger partial charge in [-0.2, -0.15) is 4.90 Å². The van der Waals surface area contributed by atoms with Crippen LogP contribution < -0.4 is 10.1 Å². The highest BCUT2D eigenvalue weighted by atomic mass is 16.6. The van der Waals surface area contributed by atoms with Gasteiger partial charge in [-0.3, -0.25) is 9.59 Å². The second-order valence-electron chi connectivity index (χ2n) is 10.8. The van der Waals surface area contributed by atoms with Crippen LogP contribution in [0.2, 0.25) is 0 Å². The van der Waals surface area contributed by atoms with Gasteiger partial charge in [0.2, 0.25) is 11.8 Å². The smallest absolute Gasteiger partial charge is 0.424 e. The fourth-order valence-corrected chi connectivity index (χ4v) is 3.82. The molecule has 0 bridgehead atoms. The minimum absolute atomic E-state index is 0.00959. The Morgan fingerprint density at radius 1 is 0.941 bits per heavy atom. The number of alkyl carbamates (subject to hydrolysis) is 1. The van der Waals surface area contributed by atoms with E-state index in [0.29, 0.717) is 35.5 Å². The zero-order chi connectivity index (χ0) is 25.3. The number of hydrogen-bond acceptors (Lipinski definition) is 7. The molecule has 186 valence electrons. The van der Waals surface area contributed by atoms with E-state index >= 15 is 0 Å². The van der Waals surface area contributed by atoms with Crippen molar-refractivity contribution in [2.24, 2.45) is 0 Å². The lowest BCUT2D eigenvalue weighted by Crippen LogP contribution is -2.50. The van der Waals surface area contributed by atoms with Crippen molar-refractivity contribution in [3.05, 3.63) is 29.8 Å². The van der Waals surface area contributed by atoms with Crippen molar-refractivity contribution >= 4 is 24.0 Å². The molecule has 1 aromatic carbocycles. The van der Waals surface area contributed by atoms with E-state index in [1.54, 1.807) is 45.0 Å². The first-order chi connectivity index (χ1) is 15.7. The third-order valence-corrected chi connectivity index (χ3v) is 5.39. The molecule has 1 unspecified atom stereocenters. The zero-order valence-electron chi connectivity index (χ0n) is 20.7. The standard InChI is InChI=1S/C25H34N2O7/c1-24(2,3)33-22(30)26-16-13-18(14-16)32-17-9-7-15(8-10-17)19-11-12-20(28)27(21(19)29)23(31)34-25(4,5)6/h7-10,16,18-19H,11-14H2,1-6H3,(H,26,30). The van der Waals surface area contributed by atoms with Crippen LogP contribution in [-0.2, 0) is 19.1 Å². The van der Waals surface area contributed by atoms with Gasteiger partial charge in [-0.1, -0.05) is 12.1 Å². The molecule has 1 atom stereocenters. The highest BCUT2D eigenvalue weighted by Crippen LogP contribution is 2.32. The lowest BCUT2D eigenvalue weighted by atomic mass is 9.88. The molecule has 9 heteroatoms. The number of nitrogens with one attached hydrogen (secondary N) is 1. The maximum absolute atomic E-state index is 12.9. The van der Waals surface area contributed by atoms with Crippen LogP contribution >= 0.6 is 0 Å². The Balaban J connectivity index is 1.53. The summed E-state index contributed by atoms with van der Waals surface area (Å²) in [5.74, 6) is -1.08. The molecule has 1 aromatic rings. The van der Waals surface area contributed by atoms with Gasteiger partial charge in [0, 0.05) is 25.3 Å². The molecule has 34 heavy (non-hydrogen) atoms. The van der Waals surface area contributed by atoms with Crippen molar-refractivity contribution in [1.82, 2.24) is 10.2 Å². The van der Waals surface area contributed by atoms with E-state index in [1.807, 2.05) is 20.8 Å². The number of amides is 4. The van der Waals surface area contributed by atoms with Crippen LogP contribution in [0.25, 0.3) is 0 Å². The first-order valence-electron chi connectivity index (χ1n) is 11.6. The second-order valence-corrected chi connectivity index (χ2v) is 10.8. The predicted molar refractivity (Wildman–Crippen MR) is 123 cm³/mol. The summed E-state index contributed by atoms with van der Waals surface area (Å²) >= 11 is 0. The summed E-state index contributed by atoms with van der Waals surface area (Å²) < 4.78 is 16.4. The maximum atomic E-state index is 12.9. The minimum atomic E-state index is -0.938. The molecule has 2 aliphatic rings. The number of rotatable bonds is 4. The fourth-order valence-electron chi connectivity index (χ4n) is 3.82. The van der Waals surface area contributed by atoms with E-state index in [0.717, 1.165) is 0 Å². The third kappa shape index (κ3) is 6.71. The summed E-state index contributed by atoms with van der Waals surface area (Å²) in [7, 11) is 0. The average Bonchev–Trinajstić information content (AvgIpc) is 2.64. The molecule has 1 aliphatic carbocycles. The first kappa shape index (κ1) is 25.5. The van der Waals surface area contributed by atoms with Crippen molar-refractivity contribution < 1.29 is 33.4 Å². The lowest BCUT2D eigenvalue weighted by molar-refractivity contribution is -0.147. The Hall–Kier alpha value is -3.10.